The lowest BCUT2D eigenvalue weighted by atomic mass is 10.0. The zero-order chi connectivity index (χ0) is 14.0. The van der Waals surface area contributed by atoms with E-state index in [2.05, 4.69) is 52.1 Å². The topological polar surface area (TPSA) is 12.0 Å². The second kappa shape index (κ2) is 6.06. The van der Waals surface area contributed by atoms with Crippen molar-refractivity contribution in [2.24, 2.45) is 0 Å². The van der Waals surface area contributed by atoms with Gasteiger partial charge in [0.1, 0.15) is 0 Å². The summed E-state index contributed by atoms with van der Waals surface area (Å²) in [4.78, 5) is 1.53. The Morgan fingerprint density at radius 3 is 2.58 bits per heavy atom. The van der Waals surface area contributed by atoms with E-state index in [1.807, 2.05) is 11.3 Å². The molecule has 0 spiro atoms. The monoisotopic (exact) mass is 275 g/mol. The molecule has 0 aliphatic rings. The van der Waals surface area contributed by atoms with Crippen molar-refractivity contribution in [2.75, 3.05) is 0 Å². The first-order chi connectivity index (χ1) is 9.02. The molecule has 0 unspecified atom stereocenters. The highest BCUT2D eigenvalue weighted by Gasteiger charge is 2.13. The van der Waals surface area contributed by atoms with E-state index in [0.717, 1.165) is 6.54 Å². The van der Waals surface area contributed by atoms with Gasteiger partial charge in [0, 0.05) is 22.2 Å². The van der Waals surface area contributed by atoms with Crippen molar-refractivity contribution in [1.82, 2.24) is 5.32 Å². The van der Waals surface area contributed by atoms with Gasteiger partial charge in [-0.05, 0) is 36.8 Å². The summed E-state index contributed by atoms with van der Waals surface area (Å²) >= 11 is 1.98. The predicted molar refractivity (Wildman–Crippen MR) is 87.3 cm³/mol. The zero-order valence-electron chi connectivity index (χ0n) is 12.8. The number of aryl methyl sites for hydroxylation is 3. The largest absolute Gasteiger partial charge is 0.310 e. The van der Waals surface area contributed by atoms with Crippen LogP contribution >= 0.6 is 11.3 Å². The second-order valence-electron chi connectivity index (χ2n) is 5.75. The Bertz CT molecular complexity index is 566. The Balaban J connectivity index is 2.50. The molecule has 0 aliphatic heterocycles. The Morgan fingerprint density at radius 1 is 1.21 bits per heavy atom. The van der Waals surface area contributed by atoms with Crippen LogP contribution in [0, 0.1) is 13.8 Å². The van der Waals surface area contributed by atoms with Crippen molar-refractivity contribution in [1.29, 1.82) is 0 Å². The number of benzene rings is 1. The van der Waals surface area contributed by atoms with E-state index in [9.17, 15) is 0 Å². The van der Waals surface area contributed by atoms with Crippen LogP contribution in [-0.4, -0.2) is 6.04 Å². The molecule has 2 aromatic rings. The van der Waals surface area contributed by atoms with Gasteiger partial charge in [-0.1, -0.05) is 44.9 Å². The van der Waals surface area contributed by atoms with E-state index in [1.54, 1.807) is 5.56 Å². The molecule has 0 saturated carbocycles. The molecule has 0 aliphatic carbocycles. The van der Waals surface area contributed by atoms with Crippen molar-refractivity contribution >= 4 is 21.4 Å². The minimum absolute atomic E-state index is 0.544. The van der Waals surface area contributed by atoms with Gasteiger partial charge in [0.05, 0.1) is 0 Å². The summed E-state index contributed by atoms with van der Waals surface area (Å²) in [5, 5.41) is 5.06. The summed E-state index contributed by atoms with van der Waals surface area (Å²) in [5.41, 5.74) is 4.37. The standard InChI is InChI=1S/C17H25NS/c1-6-7-14-15-9-12(4)8-13(5)17(15)19-16(14)10-18-11(2)3/h8-9,11,18H,6-7,10H2,1-5H3. The van der Waals surface area contributed by atoms with Gasteiger partial charge in [-0.15, -0.1) is 11.3 Å². The molecule has 2 heteroatoms. The number of thiophene rings is 1. The minimum atomic E-state index is 0.544. The fraction of sp³-hybridized carbons (Fsp3) is 0.529. The molecule has 0 saturated heterocycles. The van der Waals surface area contributed by atoms with E-state index in [1.165, 1.54) is 38.9 Å². The summed E-state index contributed by atoms with van der Waals surface area (Å²) in [6, 6.07) is 5.21. The van der Waals surface area contributed by atoms with E-state index >= 15 is 0 Å². The van der Waals surface area contributed by atoms with E-state index in [-0.39, 0.29) is 0 Å². The van der Waals surface area contributed by atoms with Crippen molar-refractivity contribution in [3.05, 3.63) is 33.7 Å². The van der Waals surface area contributed by atoms with Crippen LogP contribution in [0.15, 0.2) is 12.1 Å². The molecule has 0 radical (unpaired) electrons. The number of nitrogens with one attached hydrogen (secondary N) is 1. The highest BCUT2D eigenvalue weighted by Crippen LogP contribution is 2.35. The van der Waals surface area contributed by atoms with Gasteiger partial charge < -0.3 is 5.32 Å². The molecule has 1 aromatic heterocycles. The Morgan fingerprint density at radius 2 is 1.95 bits per heavy atom. The molecular formula is C17H25NS. The van der Waals surface area contributed by atoms with Gasteiger partial charge in [0.25, 0.3) is 0 Å². The smallest absolute Gasteiger partial charge is 0.0378 e. The highest BCUT2D eigenvalue weighted by atomic mass is 32.1. The summed E-state index contributed by atoms with van der Waals surface area (Å²) in [6.45, 7) is 12.1. The van der Waals surface area contributed by atoms with Gasteiger partial charge >= 0.3 is 0 Å². The third-order valence-electron chi connectivity index (χ3n) is 3.48. The van der Waals surface area contributed by atoms with E-state index < -0.39 is 0 Å². The Kier molecular flexibility index (Phi) is 4.64. The third kappa shape index (κ3) is 3.18. The SMILES string of the molecule is CCCc1c(CNC(C)C)sc2c(C)cc(C)cc12. The van der Waals surface area contributed by atoms with Gasteiger partial charge in [-0.25, -0.2) is 0 Å². The molecule has 0 fully saturated rings. The van der Waals surface area contributed by atoms with Gasteiger partial charge in [0.15, 0.2) is 0 Å². The zero-order valence-corrected chi connectivity index (χ0v) is 13.6. The van der Waals surface area contributed by atoms with Crippen molar-refractivity contribution in [3.8, 4) is 0 Å². The predicted octanol–water partition coefficient (Wildman–Crippen LogP) is 4.97. The highest BCUT2D eigenvalue weighted by molar-refractivity contribution is 7.19. The normalized spacial score (nSPS) is 11.7. The first kappa shape index (κ1) is 14.5. The fourth-order valence-corrected chi connectivity index (χ4v) is 3.86. The van der Waals surface area contributed by atoms with Gasteiger partial charge in [0.2, 0.25) is 0 Å². The van der Waals surface area contributed by atoms with Crippen LogP contribution in [0.3, 0.4) is 0 Å². The van der Waals surface area contributed by atoms with E-state index in [4.69, 9.17) is 0 Å². The Labute approximate surface area is 121 Å². The average molecular weight is 275 g/mol. The van der Waals surface area contributed by atoms with Crippen LogP contribution in [0.25, 0.3) is 10.1 Å². The lowest BCUT2D eigenvalue weighted by molar-refractivity contribution is 0.591. The van der Waals surface area contributed by atoms with Crippen LogP contribution in [0.5, 0.6) is 0 Å². The lowest BCUT2D eigenvalue weighted by Gasteiger charge is -2.08. The average Bonchev–Trinajstić information content (AvgIpc) is 2.66. The molecule has 0 bridgehead atoms. The van der Waals surface area contributed by atoms with Crippen LogP contribution in [0.1, 0.15) is 48.8 Å². The van der Waals surface area contributed by atoms with Crippen molar-refractivity contribution < 1.29 is 0 Å². The molecule has 1 nitrogen and oxygen atoms in total. The molecule has 2 rings (SSSR count). The molecule has 1 heterocycles. The number of hydrogen-bond acceptors (Lipinski definition) is 2. The maximum absolute atomic E-state index is 3.57. The summed E-state index contributed by atoms with van der Waals surface area (Å²) in [5.74, 6) is 0. The molecule has 0 amide bonds. The molecule has 1 N–H and O–H groups in total. The van der Waals surface area contributed by atoms with Gasteiger partial charge in [-0.3, -0.25) is 0 Å². The molecule has 0 atom stereocenters. The van der Waals surface area contributed by atoms with Crippen molar-refractivity contribution in [2.45, 2.75) is 60.0 Å². The maximum atomic E-state index is 3.57. The minimum Gasteiger partial charge on any atom is -0.310 e. The molecule has 1 aromatic carbocycles. The van der Waals surface area contributed by atoms with Crippen LogP contribution in [0.2, 0.25) is 0 Å². The maximum Gasteiger partial charge on any atom is 0.0378 e. The Hall–Kier alpha value is -0.860. The number of fused-ring (bicyclic) bond motifs is 1. The third-order valence-corrected chi connectivity index (χ3v) is 4.86. The van der Waals surface area contributed by atoms with Gasteiger partial charge in [-0.2, -0.15) is 0 Å². The molecule has 104 valence electrons. The number of hydrogen-bond donors (Lipinski definition) is 1. The first-order valence-electron chi connectivity index (χ1n) is 7.27. The first-order valence-corrected chi connectivity index (χ1v) is 8.09. The number of rotatable bonds is 5. The summed E-state index contributed by atoms with van der Waals surface area (Å²) < 4.78 is 1.48. The summed E-state index contributed by atoms with van der Waals surface area (Å²) in [6.07, 6.45) is 2.41. The van der Waals surface area contributed by atoms with Crippen molar-refractivity contribution in [3.63, 3.8) is 0 Å². The molecule has 19 heavy (non-hydrogen) atoms. The van der Waals surface area contributed by atoms with Crippen LogP contribution in [-0.2, 0) is 13.0 Å². The van der Waals surface area contributed by atoms with E-state index in [0.29, 0.717) is 6.04 Å². The van der Waals surface area contributed by atoms with Crippen LogP contribution in [0.4, 0.5) is 0 Å². The fourth-order valence-electron chi connectivity index (χ4n) is 2.61. The lowest BCUT2D eigenvalue weighted by Crippen LogP contribution is -2.21. The van der Waals surface area contributed by atoms with Crippen LogP contribution < -0.4 is 5.32 Å². The summed E-state index contributed by atoms with van der Waals surface area (Å²) in [7, 11) is 0. The second-order valence-corrected chi connectivity index (χ2v) is 6.85. The molecular weight excluding hydrogens is 250 g/mol. The quantitative estimate of drug-likeness (QED) is 0.812.